The fraction of sp³-hybridized carbons (Fsp3) is 0.500. The maximum Gasteiger partial charge on any atom is 0.261 e. The fourth-order valence-corrected chi connectivity index (χ4v) is 1.40. The molecule has 5 nitrogen and oxygen atoms in total. The van der Waals surface area contributed by atoms with Gasteiger partial charge in [0.15, 0.2) is 6.10 Å². The Kier molecular flexibility index (Phi) is 7.39. The molecular formula is C14H23ClN2O3. The quantitative estimate of drug-likeness (QED) is 0.839. The van der Waals surface area contributed by atoms with Gasteiger partial charge >= 0.3 is 0 Å². The normalized spacial score (nSPS) is 12.1. The Morgan fingerprint density at radius 1 is 1.30 bits per heavy atom. The van der Waals surface area contributed by atoms with Crippen LogP contribution in [0.4, 0.5) is 0 Å². The van der Waals surface area contributed by atoms with Gasteiger partial charge in [-0.05, 0) is 45.0 Å². The zero-order valence-electron chi connectivity index (χ0n) is 12.3. The van der Waals surface area contributed by atoms with Gasteiger partial charge in [-0.2, -0.15) is 0 Å². The largest absolute Gasteiger partial charge is 0.497 e. The van der Waals surface area contributed by atoms with Gasteiger partial charge in [0.1, 0.15) is 11.5 Å². The number of halogens is 1. The van der Waals surface area contributed by atoms with E-state index in [1.54, 1.807) is 38.3 Å². The Hall–Kier alpha value is -1.46. The van der Waals surface area contributed by atoms with Gasteiger partial charge in [-0.15, -0.1) is 12.4 Å². The van der Waals surface area contributed by atoms with Crippen LogP contribution in [0.1, 0.15) is 20.8 Å². The second kappa shape index (κ2) is 7.97. The molecule has 1 rings (SSSR count). The zero-order valence-corrected chi connectivity index (χ0v) is 13.1. The lowest BCUT2D eigenvalue weighted by molar-refractivity contribution is -0.128. The molecule has 1 aromatic rings. The molecule has 0 radical (unpaired) electrons. The van der Waals surface area contributed by atoms with Crippen molar-refractivity contribution < 1.29 is 14.3 Å². The highest BCUT2D eigenvalue weighted by atomic mass is 35.5. The van der Waals surface area contributed by atoms with E-state index >= 15 is 0 Å². The molecule has 0 saturated heterocycles. The molecular weight excluding hydrogens is 280 g/mol. The highest BCUT2D eigenvalue weighted by Crippen LogP contribution is 2.18. The molecule has 0 heterocycles. The van der Waals surface area contributed by atoms with Gasteiger partial charge in [-0.3, -0.25) is 4.79 Å². The summed E-state index contributed by atoms with van der Waals surface area (Å²) in [6, 6.07) is 7.08. The molecule has 1 atom stereocenters. The molecule has 1 unspecified atom stereocenters. The van der Waals surface area contributed by atoms with Crippen LogP contribution in [0.3, 0.4) is 0 Å². The summed E-state index contributed by atoms with van der Waals surface area (Å²) in [7, 11) is 1.60. The first kappa shape index (κ1) is 18.5. The Balaban J connectivity index is 0.00000361. The summed E-state index contributed by atoms with van der Waals surface area (Å²) in [4.78, 5) is 11.9. The van der Waals surface area contributed by atoms with Crippen LogP contribution in [-0.2, 0) is 4.79 Å². The molecule has 114 valence electrons. The van der Waals surface area contributed by atoms with Crippen LogP contribution in [0, 0.1) is 0 Å². The van der Waals surface area contributed by atoms with Crippen molar-refractivity contribution in [3.63, 3.8) is 0 Å². The molecule has 0 fully saturated rings. The minimum atomic E-state index is -0.584. The van der Waals surface area contributed by atoms with Gasteiger partial charge in [0.25, 0.3) is 5.91 Å². The first-order chi connectivity index (χ1) is 8.88. The van der Waals surface area contributed by atoms with Crippen LogP contribution < -0.4 is 20.5 Å². The van der Waals surface area contributed by atoms with E-state index < -0.39 is 11.6 Å². The number of carbonyl (C=O) groups excluding carboxylic acids is 1. The average Bonchev–Trinajstić information content (AvgIpc) is 2.39. The number of benzene rings is 1. The molecule has 0 spiro atoms. The lowest BCUT2D eigenvalue weighted by Crippen LogP contribution is -2.52. The monoisotopic (exact) mass is 302 g/mol. The topological polar surface area (TPSA) is 73.6 Å². The summed E-state index contributed by atoms with van der Waals surface area (Å²) >= 11 is 0. The second-order valence-electron chi connectivity index (χ2n) is 5.01. The maximum atomic E-state index is 11.9. The SMILES string of the molecule is COc1ccc(OC(C)C(=O)NC(C)(C)CN)cc1.Cl. The van der Waals surface area contributed by atoms with Crippen molar-refractivity contribution in [1.82, 2.24) is 5.32 Å². The third-order valence-corrected chi connectivity index (χ3v) is 2.71. The average molecular weight is 303 g/mol. The third kappa shape index (κ3) is 5.67. The van der Waals surface area contributed by atoms with Crippen LogP contribution in [0.15, 0.2) is 24.3 Å². The van der Waals surface area contributed by atoms with Gasteiger partial charge < -0.3 is 20.5 Å². The molecule has 0 aliphatic rings. The van der Waals surface area contributed by atoms with Gasteiger partial charge in [0.05, 0.1) is 7.11 Å². The smallest absolute Gasteiger partial charge is 0.261 e. The second-order valence-corrected chi connectivity index (χ2v) is 5.01. The molecule has 20 heavy (non-hydrogen) atoms. The maximum absolute atomic E-state index is 11.9. The molecule has 0 aliphatic carbocycles. The van der Waals surface area contributed by atoms with Crippen LogP contribution in [-0.4, -0.2) is 31.2 Å². The molecule has 0 aromatic heterocycles. The van der Waals surface area contributed by atoms with Crippen LogP contribution in [0.2, 0.25) is 0 Å². The third-order valence-electron chi connectivity index (χ3n) is 2.71. The van der Waals surface area contributed by atoms with Crippen molar-refractivity contribution in [1.29, 1.82) is 0 Å². The molecule has 1 amide bonds. The van der Waals surface area contributed by atoms with Crippen molar-refractivity contribution >= 4 is 18.3 Å². The number of rotatable bonds is 6. The first-order valence-corrected chi connectivity index (χ1v) is 6.21. The van der Waals surface area contributed by atoms with Gasteiger partial charge in [0.2, 0.25) is 0 Å². The number of hydrogen-bond donors (Lipinski definition) is 2. The molecule has 1 aromatic carbocycles. The number of hydrogen-bond acceptors (Lipinski definition) is 4. The predicted octanol–water partition coefficient (Wildman–Crippen LogP) is 1.74. The van der Waals surface area contributed by atoms with E-state index in [1.165, 1.54) is 0 Å². The van der Waals surface area contributed by atoms with Crippen molar-refractivity contribution in [3.05, 3.63) is 24.3 Å². The summed E-state index contributed by atoms with van der Waals surface area (Å²) < 4.78 is 10.6. The van der Waals surface area contributed by atoms with Crippen molar-refractivity contribution in [2.24, 2.45) is 5.73 Å². The van der Waals surface area contributed by atoms with E-state index in [0.717, 1.165) is 5.75 Å². The minimum absolute atomic E-state index is 0. The number of amides is 1. The highest BCUT2D eigenvalue weighted by Gasteiger charge is 2.23. The lowest BCUT2D eigenvalue weighted by atomic mass is 10.1. The Morgan fingerprint density at radius 3 is 2.25 bits per heavy atom. The first-order valence-electron chi connectivity index (χ1n) is 6.21. The fourth-order valence-electron chi connectivity index (χ4n) is 1.40. The van der Waals surface area contributed by atoms with E-state index in [-0.39, 0.29) is 18.3 Å². The van der Waals surface area contributed by atoms with E-state index in [4.69, 9.17) is 15.2 Å². The summed E-state index contributed by atoms with van der Waals surface area (Å²) in [5.41, 5.74) is 5.13. The molecule has 3 N–H and O–H groups in total. The van der Waals surface area contributed by atoms with Crippen molar-refractivity contribution in [2.45, 2.75) is 32.4 Å². The van der Waals surface area contributed by atoms with E-state index in [9.17, 15) is 4.79 Å². The summed E-state index contributed by atoms with van der Waals surface area (Å²) in [6.45, 7) is 5.80. The van der Waals surface area contributed by atoms with E-state index in [1.807, 2.05) is 13.8 Å². The van der Waals surface area contributed by atoms with Gasteiger partial charge in [0, 0.05) is 12.1 Å². The Labute approximate surface area is 126 Å². The van der Waals surface area contributed by atoms with Crippen molar-refractivity contribution in [3.8, 4) is 11.5 Å². The summed E-state index contributed by atoms with van der Waals surface area (Å²) in [6.07, 6.45) is -0.584. The number of nitrogens with one attached hydrogen (secondary N) is 1. The van der Waals surface area contributed by atoms with Crippen LogP contribution >= 0.6 is 12.4 Å². The van der Waals surface area contributed by atoms with Crippen molar-refractivity contribution in [2.75, 3.05) is 13.7 Å². The predicted molar refractivity (Wildman–Crippen MR) is 81.6 cm³/mol. The number of carbonyl (C=O) groups is 1. The zero-order chi connectivity index (χ0) is 14.5. The molecule has 0 aliphatic heterocycles. The minimum Gasteiger partial charge on any atom is -0.497 e. The van der Waals surface area contributed by atoms with Gasteiger partial charge in [-0.1, -0.05) is 0 Å². The Morgan fingerprint density at radius 2 is 1.80 bits per heavy atom. The number of methoxy groups -OCH3 is 1. The molecule has 0 bridgehead atoms. The van der Waals surface area contributed by atoms with E-state index in [2.05, 4.69) is 5.32 Å². The van der Waals surface area contributed by atoms with Gasteiger partial charge in [-0.25, -0.2) is 0 Å². The summed E-state index contributed by atoms with van der Waals surface area (Å²) in [5.74, 6) is 1.17. The Bertz CT molecular complexity index is 421. The standard InChI is InChI=1S/C14H22N2O3.ClH/c1-10(13(17)16-14(2,3)9-15)19-12-7-5-11(18-4)6-8-12;/h5-8,10H,9,15H2,1-4H3,(H,16,17);1H. The van der Waals surface area contributed by atoms with E-state index in [0.29, 0.717) is 12.3 Å². The molecule has 0 saturated carbocycles. The highest BCUT2D eigenvalue weighted by molar-refractivity contribution is 5.85. The lowest BCUT2D eigenvalue weighted by Gasteiger charge is -2.26. The van der Waals surface area contributed by atoms with Crippen LogP contribution in [0.25, 0.3) is 0 Å². The number of nitrogens with two attached hydrogens (primary N) is 1. The molecule has 6 heteroatoms. The number of ether oxygens (including phenoxy) is 2. The van der Waals surface area contributed by atoms with Crippen LogP contribution in [0.5, 0.6) is 11.5 Å². The summed E-state index contributed by atoms with van der Waals surface area (Å²) in [5, 5.41) is 2.83.